The fourth-order valence-corrected chi connectivity index (χ4v) is 3.79. The molecule has 1 heterocycles. The lowest BCUT2D eigenvalue weighted by molar-refractivity contribution is 0.250. The largest absolute Gasteiger partial charge is 0.339 e. The molecule has 0 atom stereocenters. The first kappa shape index (κ1) is 19.9. The Hall–Kier alpha value is -3.40. The maximum atomic E-state index is 13.7. The summed E-state index contributed by atoms with van der Waals surface area (Å²) >= 11 is 0. The van der Waals surface area contributed by atoms with Gasteiger partial charge in [-0.05, 0) is 60.4 Å². The van der Waals surface area contributed by atoms with Crippen molar-refractivity contribution in [2.24, 2.45) is 0 Å². The van der Waals surface area contributed by atoms with Crippen molar-refractivity contribution < 1.29 is 4.79 Å². The number of benzene rings is 3. The van der Waals surface area contributed by atoms with Gasteiger partial charge in [-0.15, -0.1) is 0 Å². The Labute approximate surface area is 177 Å². The smallest absolute Gasteiger partial charge is 0.262 e. The number of hydrogen-bond acceptors (Lipinski definition) is 2. The number of hydrogen-bond donors (Lipinski definition) is 0. The Kier molecular flexibility index (Phi) is 5.94. The third-order valence-electron chi connectivity index (χ3n) is 5.32. The molecule has 0 radical (unpaired) electrons. The molecule has 0 aliphatic heterocycles. The lowest BCUT2D eigenvalue weighted by Gasteiger charge is -2.24. The first-order chi connectivity index (χ1) is 14.7. The van der Waals surface area contributed by atoms with Crippen LogP contribution in [0.1, 0.15) is 37.8 Å². The molecule has 30 heavy (non-hydrogen) atoms. The highest BCUT2D eigenvalue weighted by Gasteiger charge is 2.21. The third-order valence-corrected chi connectivity index (χ3v) is 5.32. The molecular formula is C26H27N3O. The molecule has 4 rings (SSSR count). The number of fused-ring (bicyclic) bond motifs is 1. The quantitative estimate of drug-likeness (QED) is 0.361. The van der Waals surface area contributed by atoms with E-state index in [1.54, 1.807) is 15.8 Å². The Bertz CT molecular complexity index is 1080. The molecule has 0 aliphatic carbocycles. The predicted octanol–water partition coefficient (Wildman–Crippen LogP) is 6.75. The SMILES string of the molecule is CCCc1ccc(N(C(=O)n2cnc3ccccc32)c2ccc(CCC)cc2)cc1. The number of imidazole rings is 1. The second-order valence-corrected chi connectivity index (χ2v) is 7.55. The highest BCUT2D eigenvalue weighted by atomic mass is 16.2. The summed E-state index contributed by atoms with van der Waals surface area (Å²) in [4.78, 5) is 19.9. The molecule has 0 saturated carbocycles. The van der Waals surface area contributed by atoms with Crippen LogP contribution in [0.2, 0.25) is 0 Å². The Morgan fingerprint density at radius 1 is 0.800 bits per heavy atom. The minimum Gasteiger partial charge on any atom is -0.262 e. The van der Waals surface area contributed by atoms with Gasteiger partial charge in [-0.25, -0.2) is 14.3 Å². The normalized spacial score (nSPS) is 11.0. The standard InChI is InChI=1S/C26H27N3O/c1-3-7-20-11-15-22(16-12-20)29(23-17-13-21(8-4-2)14-18-23)26(30)28-19-27-24-9-5-6-10-25(24)28/h5-6,9-19H,3-4,7-8H2,1-2H3. The molecular weight excluding hydrogens is 370 g/mol. The van der Waals surface area contributed by atoms with Crippen LogP contribution in [-0.4, -0.2) is 15.6 Å². The van der Waals surface area contributed by atoms with E-state index in [1.807, 2.05) is 48.5 Å². The Balaban J connectivity index is 1.77. The molecule has 4 heteroatoms. The lowest BCUT2D eigenvalue weighted by Crippen LogP contribution is -2.30. The molecule has 4 aromatic rings. The summed E-state index contributed by atoms with van der Waals surface area (Å²) < 4.78 is 1.62. The van der Waals surface area contributed by atoms with Gasteiger partial charge >= 0.3 is 6.03 Å². The van der Waals surface area contributed by atoms with Crippen molar-refractivity contribution in [2.75, 3.05) is 4.90 Å². The summed E-state index contributed by atoms with van der Waals surface area (Å²) in [6.45, 7) is 4.34. The summed E-state index contributed by atoms with van der Waals surface area (Å²) in [5.41, 5.74) is 5.86. The Morgan fingerprint density at radius 3 is 1.87 bits per heavy atom. The van der Waals surface area contributed by atoms with Crippen LogP contribution in [0.5, 0.6) is 0 Å². The van der Waals surface area contributed by atoms with Crippen molar-refractivity contribution in [2.45, 2.75) is 39.5 Å². The van der Waals surface area contributed by atoms with Crippen LogP contribution < -0.4 is 4.90 Å². The average Bonchev–Trinajstić information content (AvgIpc) is 3.21. The third kappa shape index (κ3) is 3.99. The van der Waals surface area contributed by atoms with Gasteiger partial charge in [0.15, 0.2) is 0 Å². The molecule has 0 spiro atoms. The summed E-state index contributed by atoms with van der Waals surface area (Å²) in [6.07, 6.45) is 5.87. The molecule has 0 aliphatic rings. The first-order valence-electron chi connectivity index (χ1n) is 10.7. The van der Waals surface area contributed by atoms with E-state index in [2.05, 4.69) is 43.1 Å². The molecule has 3 aromatic carbocycles. The monoisotopic (exact) mass is 397 g/mol. The molecule has 1 amide bonds. The van der Waals surface area contributed by atoms with Crippen molar-refractivity contribution in [3.8, 4) is 0 Å². The van der Waals surface area contributed by atoms with E-state index < -0.39 is 0 Å². The van der Waals surface area contributed by atoms with Gasteiger partial charge in [-0.3, -0.25) is 4.90 Å². The molecule has 152 valence electrons. The van der Waals surface area contributed by atoms with Gasteiger partial charge in [0.2, 0.25) is 0 Å². The molecule has 4 nitrogen and oxygen atoms in total. The van der Waals surface area contributed by atoms with Crippen molar-refractivity contribution in [1.82, 2.24) is 9.55 Å². The zero-order chi connectivity index (χ0) is 20.9. The van der Waals surface area contributed by atoms with E-state index in [0.29, 0.717) is 0 Å². The average molecular weight is 398 g/mol. The van der Waals surface area contributed by atoms with E-state index >= 15 is 0 Å². The van der Waals surface area contributed by atoms with Crippen molar-refractivity contribution >= 4 is 28.4 Å². The maximum absolute atomic E-state index is 13.7. The van der Waals surface area contributed by atoms with Gasteiger partial charge in [0, 0.05) is 0 Å². The topological polar surface area (TPSA) is 38.1 Å². The predicted molar refractivity (Wildman–Crippen MR) is 124 cm³/mol. The van der Waals surface area contributed by atoms with E-state index in [-0.39, 0.29) is 6.03 Å². The van der Waals surface area contributed by atoms with Gasteiger partial charge in [0.1, 0.15) is 6.33 Å². The zero-order valence-electron chi connectivity index (χ0n) is 17.6. The molecule has 0 fully saturated rings. The number of aryl methyl sites for hydroxylation is 2. The highest BCUT2D eigenvalue weighted by molar-refractivity contribution is 6.04. The number of nitrogens with zero attached hydrogens (tertiary/aromatic N) is 3. The maximum Gasteiger partial charge on any atom is 0.339 e. The van der Waals surface area contributed by atoms with Crippen molar-refractivity contribution in [1.29, 1.82) is 0 Å². The van der Waals surface area contributed by atoms with E-state index in [9.17, 15) is 4.79 Å². The van der Waals surface area contributed by atoms with Gasteiger partial charge in [0.25, 0.3) is 0 Å². The summed E-state index contributed by atoms with van der Waals surface area (Å²) in [7, 11) is 0. The summed E-state index contributed by atoms with van der Waals surface area (Å²) in [5.74, 6) is 0. The number of carbonyl (C=O) groups is 1. The van der Waals surface area contributed by atoms with E-state index in [0.717, 1.165) is 48.1 Å². The summed E-state index contributed by atoms with van der Waals surface area (Å²) in [5, 5.41) is 0. The Morgan fingerprint density at radius 2 is 1.33 bits per heavy atom. The van der Waals surface area contributed by atoms with Crippen LogP contribution >= 0.6 is 0 Å². The van der Waals surface area contributed by atoms with Gasteiger partial charge in [0.05, 0.1) is 22.4 Å². The van der Waals surface area contributed by atoms with Crippen molar-refractivity contribution in [3.05, 3.63) is 90.3 Å². The highest BCUT2D eigenvalue weighted by Crippen LogP contribution is 2.29. The van der Waals surface area contributed by atoms with E-state index in [1.165, 1.54) is 11.1 Å². The second-order valence-electron chi connectivity index (χ2n) is 7.55. The van der Waals surface area contributed by atoms with Gasteiger partial charge in [-0.2, -0.15) is 0 Å². The van der Waals surface area contributed by atoms with Gasteiger partial charge in [-0.1, -0.05) is 63.1 Å². The number of aromatic nitrogens is 2. The minimum absolute atomic E-state index is 0.143. The molecule has 0 saturated heterocycles. The number of amides is 1. The van der Waals surface area contributed by atoms with Crippen LogP contribution in [0.3, 0.4) is 0 Å². The van der Waals surface area contributed by atoms with Crippen LogP contribution in [-0.2, 0) is 12.8 Å². The number of rotatable bonds is 6. The fraction of sp³-hybridized carbons (Fsp3) is 0.231. The lowest BCUT2D eigenvalue weighted by atomic mass is 10.1. The number of carbonyl (C=O) groups excluding carboxylic acids is 1. The summed E-state index contributed by atoms with van der Waals surface area (Å²) in [6, 6.07) is 24.1. The van der Waals surface area contributed by atoms with Crippen LogP contribution in [0.15, 0.2) is 79.1 Å². The minimum atomic E-state index is -0.143. The zero-order valence-corrected chi connectivity index (χ0v) is 17.6. The fourth-order valence-electron chi connectivity index (χ4n) is 3.79. The number of anilines is 2. The van der Waals surface area contributed by atoms with Crippen LogP contribution in [0, 0.1) is 0 Å². The molecule has 0 unspecified atom stereocenters. The molecule has 0 bridgehead atoms. The van der Waals surface area contributed by atoms with E-state index in [4.69, 9.17) is 0 Å². The number of para-hydroxylation sites is 2. The van der Waals surface area contributed by atoms with Crippen LogP contribution in [0.4, 0.5) is 16.2 Å². The van der Waals surface area contributed by atoms with Crippen molar-refractivity contribution in [3.63, 3.8) is 0 Å². The first-order valence-corrected chi connectivity index (χ1v) is 10.7. The second kappa shape index (κ2) is 8.95. The van der Waals surface area contributed by atoms with Gasteiger partial charge < -0.3 is 0 Å². The van der Waals surface area contributed by atoms with Crippen LogP contribution in [0.25, 0.3) is 11.0 Å². The molecule has 1 aromatic heterocycles. The molecule has 0 N–H and O–H groups in total.